The number of benzene rings is 2. The van der Waals surface area contributed by atoms with Crippen LogP contribution in [0.15, 0.2) is 42.5 Å². The van der Waals surface area contributed by atoms with Crippen LogP contribution in [0.1, 0.15) is 11.1 Å². The van der Waals surface area contributed by atoms with Crippen LogP contribution < -0.4 is 14.9 Å². The molecule has 1 aliphatic heterocycles. The molecule has 2 N–H and O–H groups in total. The normalized spacial score (nSPS) is 13.5. The Morgan fingerprint density at radius 2 is 1.88 bits per heavy atom. The van der Waals surface area contributed by atoms with Crippen molar-refractivity contribution in [3.63, 3.8) is 0 Å². The Labute approximate surface area is 141 Å². The molecule has 0 saturated carbocycles. The number of carbonyl (C=O) groups excluding carboxylic acids is 1. The van der Waals surface area contributed by atoms with Gasteiger partial charge in [0.1, 0.15) is 0 Å². The quantitative estimate of drug-likeness (QED) is 0.898. The summed E-state index contributed by atoms with van der Waals surface area (Å²) in [5.41, 5.74) is 3.96. The van der Waals surface area contributed by atoms with Crippen LogP contribution in [-0.4, -0.2) is 27.2 Å². The summed E-state index contributed by atoms with van der Waals surface area (Å²) in [6.07, 6.45) is 1.83. The summed E-state index contributed by atoms with van der Waals surface area (Å²) in [6.45, 7) is 2.36. The number of para-hydroxylation sites is 1. The first-order chi connectivity index (χ1) is 11.3. The Balaban J connectivity index is 1.73. The molecule has 0 spiro atoms. The predicted octanol–water partition coefficient (Wildman–Crippen LogP) is 2.96. The van der Waals surface area contributed by atoms with Crippen molar-refractivity contribution < 1.29 is 13.2 Å². The van der Waals surface area contributed by atoms with Crippen molar-refractivity contribution in [2.24, 2.45) is 0 Å². The van der Waals surface area contributed by atoms with Crippen molar-refractivity contribution in [1.29, 1.82) is 0 Å². The molecule has 126 valence electrons. The molecule has 0 aliphatic carbocycles. The fraction of sp³-hybridized carbons (Fsp3) is 0.235. The highest BCUT2D eigenvalue weighted by Gasteiger charge is 2.26. The number of nitrogens with zero attached hydrogens (tertiary/aromatic N) is 1. The summed E-state index contributed by atoms with van der Waals surface area (Å²) in [6, 6.07) is 12.4. The first kappa shape index (κ1) is 16.3. The van der Waals surface area contributed by atoms with Gasteiger partial charge < -0.3 is 10.6 Å². The highest BCUT2D eigenvalue weighted by atomic mass is 32.2. The number of carbonyl (C=O) groups is 1. The number of urea groups is 1. The second-order valence-corrected chi connectivity index (χ2v) is 7.73. The highest BCUT2D eigenvalue weighted by Crippen LogP contribution is 2.32. The fourth-order valence-corrected chi connectivity index (χ4v) is 3.75. The van der Waals surface area contributed by atoms with Crippen LogP contribution in [0.3, 0.4) is 0 Å². The molecule has 0 fully saturated rings. The van der Waals surface area contributed by atoms with Crippen LogP contribution in [0.5, 0.6) is 0 Å². The van der Waals surface area contributed by atoms with Crippen molar-refractivity contribution >= 4 is 33.1 Å². The number of anilines is 3. The van der Waals surface area contributed by atoms with Crippen molar-refractivity contribution in [2.45, 2.75) is 13.3 Å². The van der Waals surface area contributed by atoms with Gasteiger partial charge in [0, 0.05) is 17.9 Å². The van der Waals surface area contributed by atoms with E-state index in [1.54, 1.807) is 12.1 Å². The number of nitrogens with one attached hydrogen (secondary N) is 2. The molecule has 7 heteroatoms. The van der Waals surface area contributed by atoms with Crippen LogP contribution in [0.25, 0.3) is 0 Å². The molecule has 1 heterocycles. The van der Waals surface area contributed by atoms with Gasteiger partial charge in [-0.3, -0.25) is 4.31 Å². The van der Waals surface area contributed by atoms with Gasteiger partial charge in [-0.2, -0.15) is 0 Å². The number of sulfonamides is 1. The van der Waals surface area contributed by atoms with Crippen LogP contribution >= 0.6 is 0 Å². The van der Waals surface area contributed by atoms with Gasteiger partial charge in [0.25, 0.3) is 0 Å². The van der Waals surface area contributed by atoms with Crippen molar-refractivity contribution in [3.8, 4) is 0 Å². The fourth-order valence-electron chi connectivity index (χ4n) is 2.79. The molecule has 0 unspecified atom stereocenters. The molecule has 2 amide bonds. The minimum atomic E-state index is -3.26. The Bertz CT molecular complexity index is 894. The third kappa shape index (κ3) is 3.35. The summed E-state index contributed by atoms with van der Waals surface area (Å²) in [4.78, 5) is 12.1. The molecular formula is C17H19N3O3S. The zero-order valence-corrected chi connectivity index (χ0v) is 14.4. The molecule has 0 bridgehead atoms. The average Bonchev–Trinajstić information content (AvgIpc) is 2.93. The van der Waals surface area contributed by atoms with Crippen LogP contribution in [0, 0.1) is 6.92 Å². The molecule has 0 aromatic heterocycles. The average molecular weight is 345 g/mol. The van der Waals surface area contributed by atoms with E-state index in [0.29, 0.717) is 24.3 Å². The lowest BCUT2D eigenvalue weighted by Crippen LogP contribution is -2.27. The topological polar surface area (TPSA) is 78.5 Å². The molecule has 1 aliphatic rings. The third-order valence-electron chi connectivity index (χ3n) is 3.98. The van der Waals surface area contributed by atoms with Gasteiger partial charge in [-0.05, 0) is 48.7 Å². The zero-order valence-electron chi connectivity index (χ0n) is 13.5. The van der Waals surface area contributed by atoms with Crippen LogP contribution in [0.2, 0.25) is 0 Å². The van der Waals surface area contributed by atoms with Crippen molar-refractivity contribution in [2.75, 3.05) is 27.7 Å². The molecule has 0 radical (unpaired) electrons. The monoisotopic (exact) mass is 345 g/mol. The number of fused-ring (bicyclic) bond motifs is 1. The SMILES string of the molecule is Cc1ccccc1NC(=O)Nc1ccc2c(c1)CCN2S(C)(=O)=O. The number of aryl methyl sites for hydroxylation is 1. The predicted molar refractivity (Wildman–Crippen MR) is 96.2 cm³/mol. The van der Waals surface area contributed by atoms with E-state index in [2.05, 4.69) is 10.6 Å². The summed E-state index contributed by atoms with van der Waals surface area (Å²) >= 11 is 0. The minimum absolute atomic E-state index is 0.331. The lowest BCUT2D eigenvalue weighted by Gasteiger charge is -2.16. The van der Waals surface area contributed by atoms with Gasteiger partial charge in [0.2, 0.25) is 10.0 Å². The van der Waals surface area contributed by atoms with E-state index in [4.69, 9.17) is 0 Å². The second kappa shape index (κ2) is 6.16. The summed E-state index contributed by atoms with van der Waals surface area (Å²) in [5.74, 6) is 0. The number of amides is 2. The second-order valence-electron chi connectivity index (χ2n) is 5.82. The van der Waals surface area contributed by atoms with Gasteiger partial charge >= 0.3 is 6.03 Å². The maximum atomic E-state index is 12.1. The maximum Gasteiger partial charge on any atom is 0.323 e. The Hall–Kier alpha value is -2.54. The Kier molecular flexibility index (Phi) is 4.19. The summed E-state index contributed by atoms with van der Waals surface area (Å²) in [7, 11) is -3.26. The van der Waals surface area contributed by atoms with Crippen molar-refractivity contribution in [1.82, 2.24) is 0 Å². The van der Waals surface area contributed by atoms with E-state index in [9.17, 15) is 13.2 Å². The van der Waals surface area contributed by atoms with Crippen LogP contribution in [-0.2, 0) is 16.4 Å². The van der Waals surface area contributed by atoms with Gasteiger partial charge in [-0.1, -0.05) is 18.2 Å². The number of hydrogen-bond donors (Lipinski definition) is 2. The van der Waals surface area contributed by atoms with E-state index in [-0.39, 0.29) is 6.03 Å². The van der Waals surface area contributed by atoms with E-state index >= 15 is 0 Å². The minimum Gasteiger partial charge on any atom is -0.308 e. The molecule has 6 nitrogen and oxygen atoms in total. The first-order valence-corrected chi connectivity index (χ1v) is 9.44. The third-order valence-corrected chi connectivity index (χ3v) is 5.16. The maximum absolute atomic E-state index is 12.1. The standard InChI is InChI=1S/C17H19N3O3S/c1-12-5-3-4-6-15(12)19-17(21)18-14-7-8-16-13(11-14)9-10-20(16)24(2,22)23/h3-8,11H,9-10H2,1-2H3,(H2,18,19,21). The van der Waals surface area contributed by atoms with E-state index in [0.717, 1.165) is 16.8 Å². The molecule has 24 heavy (non-hydrogen) atoms. The van der Waals surface area contributed by atoms with Gasteiger partial charge in [0.15, 0.2) is 0 Å². The molecule has 2 aromatic carbocycles. The van der Waals surface area contributed by atoms with E-state index < -0.39 is 10.0 Å². The molecule has 3 rings (SSSR count). The van der Waals surface area contributed by atoms with Gasteiger partial charge in [-0.15, -0.1) is 0 Å². The zero-order chi connectivity index (χ0) is 17.3. The lowest BCUT2D eigenvalue weighted by atomic mass is 10.1. The summed E-state index contributed by atoms with van der Waals surface area (Å²) < 4.78 is 24.9. The molecule has 2 aromatic rings. The number of hydrogen-bond acceptors (Lipinski definition) is 3. The summed E-state index contributed by atoms with van der Waals surface area (Å²) in [5, 5.41) is 5.59. The smallest absolute Gasteiger partial charge is 0.308 e. The Morgan fingerprint density at radius 1 is 1.12 bits per heavy atom. The molecular weight excluding hydrogens is 326 g/mol. The van der Waals surface area contributed by atoms with Gasteiger partial charge in [0.05, 0.1) is 11.9 Å². The van der Waals surface area contributed by atoms with Gasteiger partial charge in [-0.25, -0.2) is 13.2 Å². The highest BCUT2D eigenvalue weighted by molar-refractivity contribution is 7.92. The largest absolute Gasteiger partial charge is 0.323 e. The first-order valence-electron chi connectivity index (χ1n) is 7.59. The Morgan fingerprint density at radius 3 is 2.58 bits per heavy atom. The number of rotatable bonds is 3. The van der Waals surface area contributed by atoms with E-state index in [1.807, 2.05) is 37.3 Å². The molecule has 0 atom stereocenters. The van der Waals surface area contributed by atoms with E-state index in [1.165, 1.54) is 10.6 Å². The molecule has 0 saturated heterocycles. The van der Waals surface area contributed by atoms with Crippen LogP contribution in [0.4, 0.5) is 21.9 Å². The lowest BCUT2D eigenvalue weighted by molar-refractivity contribution is 0.262. The van der Waals surface area contributed by atoms with Crippen molar-refractivity contribution in [3.05, 3.63) is 53.6 Å².